The van der Waals surface area contributed by atoms with Crippen LogP contribution in [0.4, 0.5) is 5.82 Å². The van der Waals surface area contributed by atoms with Crippen molar-refractivity contribution in [3.63, 3.8) is 0 Å². The number of aromatic nitrogens is 2. The number of rotatable bonds is 7. The Morgan fingerprint density at radius 1 is 1.00 bits per heavy atom. The highest BCUT2D eigenvalue weighted by atomic mass is 35.5. The first-order chi connectivity index (χ1) is 16.5. The van der Waals surface area contributed by atoms with E-state index < -0.39 is 5.91 Å². The van der Waals surface area contributed by atoms with E-state index in [0.717, 1.165) is 22.1 Å². The Bertz CT molecular complexity index is 1470. The minimum absolute atomic E-state index is 0.173. The molecule has 0 spiro atoms. The monoisotopic (exact) mass is 491 g/mol. The molecule has 0 saturated carbocycles. The number of nitrogens with zero attached hydrogens (tertiary/aromatic N) is 2. The number of furan rings is 1. The van der Waals surface area contributed by atoms with E-state index in [1.54, 1.807) is 41.2 Å². The minimum atomic E-state index is -0.397. The number of nitrogens with one attached hydrogen (secondary N) is 1. The lowest BCUT2D eigenvalue weighted by Gasteiger charge is -2.08. The predicted octanol–water partition coefficient (Wildman–Crippen LogP) is 6.82. The molecular formula is C26H19Cl2N3O3. The molecule has 0 bridgehead atoms. The molecule has 0 unspecified atom stereocenters. The van der Waals surface area contributed by atoms with E-state index in [2.05, 4.69) is 10.4 Å². The summed E-state index contributed by atoms with van der Waals surface area (Å²) in [6.45, 7) is 0.653. The fraction of sp³-hybridized carbons (Fsp3) is 0.0769. The molecule has 0 atom stereocenters. The first-order valence-electron chi connectivity index (χ1n) is 10.5. The summed E-state index contributed by atoms with van der Waals surface area (Å²) in [4.78, 5) is 12.6. The lowest BCUT2D eigenvalue weighted by atomic mass is 10.1. The van der Waals surface area contributed by atoms with Crippen molar-refractivity contribution in [2.45, 2.75) is 13.2 Å². The van der Waals surface area contributed by atoms with Crippen LogP contribution in [0.2, 0.25) is 10.0 Å². The summed E-state index contributed by atoms with van der Waals surface area (Å²) in [6.07, 6.45) is 1.76. The smallest absolute Gasteiger partial charge is 0.292 e. The van der Waals surface area contributed by atoms with Gasteiger partial charge >= 0.3 is 0 Å². The van der Waals surface area contributed by atoms with Crippen LogP contribution in [-0.4, -0.2) is 15.7 Å². The van der Waals surface area contributed by atoms with Gasteiger partial charge in [-0.25, -0.2) is 0 Å². The molecule has 6 nitrogen and oxygen atoms in total. The van der Waals surface area contributed by atoms with Crippen LogP contribution in [0, 0.1) is 0 Å². The van der Waals surface area contributed by atoms with Crippen LogP contribution in [-0.2, 0) is 13.2 Å². The fourth-order valence-electron chi connectivity index (χ4n) is 3.57. The SMILES string of the molecule is O=C(Nc1ccn(Cc2ccc(Cl)cc2Cl)n1)c1ccc(COc2cccc3ccccc23)o1. The topological polar surface area (TPSA) is 69.3 Å². The van der Waals surface area contributed by atoms with Gasteiger partial charge in [-0.05, 0) is 41.3 Å². The molecule has 1 N–H and O–H groups in total. The van der Waals surface area contributed by atoms with Crippen LogP contribution < -0.4 is 10.1 Å². The number of amides is 1. The summed E-state index contributed by atoms with van der Waals surface area (Å²) in [5.41, 5.74) is 0.869. The van der Waals surface area contributed by atoms with Gasteiger partial charge in [0.15, 0.2) is 11.6 Å². The van der Waals surface area contributed by atoms with E-state index in [-0.39, 0.29) is 12.4 Å². The normalized spacial score (nSPS) is 11.0. The number of benzene rings is 3. The van der Waals surface area contributed by atoms with Gasteiger partial charge in [-0.2, -0.15) is 5.10 Å². The van der Waals surface area contributed by atoms with Gasteiger partial charge in [-0.3, -0.25) is 9.48 Å². The Balaban J connectivity index is 1.20. The highest BCUT2D eigenvalue weighted by molar-refractivity contribution is 6.35. The van der Waals surface area contributed by atoms with Gasteiger partial charge in [-0.1, -0.05) is 65.7 Å². The molecule has 8 heteroatoms. The molecule has 2 heterocycles. The molecule has 34 heavy (non-hydrogen) atoms. The van der Waals surface area contributed by atoms with E-state index in [4.69, 9.17) is 32.4 Å². The van der Waals surface area contributed by atoms with Crippen LogP contribution in [0.5, 0.6) is 5.75 Å². The molecular weight excluding hydrogens is 473 g/mol. The van der Waals surface area contributed by atoms with Gasteiger partial charge in [0, 0.05) is 27.7 Å². The number of fused-ring (bicyclic) bond motifs is 1. The first-order valence-corrected chi connectivity index (χ1v) is 11.3. The Kier molecular flexibility index (Phi) is 6.25. The van der Waals surface area contributed by atoms with Crippen LogP contribution >= 0.6 is 23.2 Å². The third-order valence-corrected chi connectivity index (χ3v) is 5.82. The summed E-state index contributed by atoms with van der Waals surface area (Å²) in [6, 6.07) is 24.2. The Labute approximate surface area is 205 Å². The number of carbonyl (C=O) groups is 1. The van der Waals surface area contributed by atoms with Gasteiger partial charge in [0.05, 0.1) is 6.54 Å². The molecule has 5 aromatic rings. The summed E-state index contributed by atoms with van der Waals surface area (Å²) >= 11 is 12.2. The third-order valence-electron chi connectivity index (χ3n) is 5.23. The highest BCUT2D eigenvalue weighted by Gasteiger charge is 2.14. The second-order valence-corrected chi connectivity index (χ2v) is 8.46. The zero-order valence-electron chi connectivity index (χ0n) is 17.9. The maximum atomic E-state index is 12.6. The molecule has 170 valence electrons. The number of anilines is 1. The van der Waals surface area contributed by atoms with Crippen LogP contribution in [0.3, 0.4) is 0 Å². The van der Waals surface area contributed by atoms with Crippen LogP contribution in [0.25, 0.3) is 10.8 Å². The molecule has 0 aliphatic heterocycles. The maximum absolute atomic E-state index is 12.6. The number of hydrogen-bond donors (Lipinski definition) is 1. The van der Waals surface area contributed by atoms with Crippen LogP contribution in [0.1, 0.15) is 21.9 Å². The van der Waals surface area contributed by atoms with Crippen molar-refractivity contribution in [2.75, 3.05) is 5.32 Å². The van der Waals surface area contributed by atoms with E-state index >= 15 is 0 Å². The van der Waals surface area contributed by atoms with Crippen LogP contribution in [0.15, 0.2) is 89.5 Å². The van der Waals surface area contributed by atoms with Gasteiger partial charge < -0.3 is 14.5 Å². The molecule has 5 rings (SSSR count). The Morgan fingerprint density at radius 3 is 2.74 bits per heavy atom. The summed E-state index contributed by atoms with van der Waals surface area (Å²) in [5, 5.41) is 10.4. The summed E-state index contributed by atoms with van der Waals surface area (Å²) < 4.78 is 13.3. The van der Waals surface area contributed by atoms with Gasteiger partial charge in [0.2, 0.25) is 0 Å². The maximum Gasteiger partial charge on any atom is 0.292 e. The molecule has 1 amide bonds. The number of carbonyl (C=O) groups excluding carboxylic acids is 1. The highest BCUT2D eigenvalue weighted by Crippen LogP contribution is 2.26. The summed E-state index contributed by atoms with van der Waals surface area (Å²) in [7, 11) is 0. The lowest BCUT2D eigenvalue weighted by molar-refractivity contribution is 0.0992. The van der Waals surface area contributed by atoms with E-state index in [1.165, 1.54) is 0 Å². The Hall–Kier alpha value is -3.74. The minimum Gasteiger partial charge on any atom is -0.485 e. The van der Waals surface area contributed by atoms with Gasteiger partial charge in [0.25, 0.3) is 5.91 Å². The van der Waals surface area contributed by atoms with Gasteiger partial charge in [-0.15, -0.1) is 0 Å². The number of halogens is 2. The van der Waals surface area contributed by atoms with Crippen molar-refractivity contribution >= 4 is 45.7 Å². The van der Waals surface area contributed by atoms with Gasteiger partial charge in [0.1, 0.15) is 18.1 Å². The van der Waals surface area contributed by atoms with Crippen molar-refractivity contribution in [3.8, 4) is 5.75 Å². The molecule has 3 aromatic carbocycles. The molecule has 0 aliphatic carbocycles. The largest absolute Gasteiger partial charge is 0.485 e. The molecule has 0 saturated heterocycles. The molecule has 0 aliphatic rings. The second-order valence-electron chi connectivity index (χ2n) is 7.62. The average Bonchev–Trinajstić information content (AvgIpc) is 3.49. The summed E-state index contributed by atoms with van der Waals surface area (Å²) in [5.74, 6) is 1.48. The predicted molar refractivity (Wildman–Crippen MR) is 133 cm³/mol. The quantitative estimate of drug-likeness (QED) is 0.271. The number of hydrogen-bond acceptors (Lipinski definition) is 4. The molecule has 2 aromatic heterocycles. The Morgan fingerprint density at radius 2 is 1.85 bits per heavy atom. The fourth-order valence-corrected chi connectivity index (χ4v) is 4.03. The van der Waals surface area contributed by atoms with E-state index in [0.29, 0.717) is 28.2 Å². The van der Waals surface area contributed by atoms with Crippen molar-refractivity contribution in [2.24, 2.45) is 0 Å². The molecule has 0 radical (unpaired) electrons. The zero-order valence-corrected chi connectivity index (χ0v) is 19.4. The molecule has 0 fully saturated rings. The lowest BCUT2D eigenvalue weighted by Crippen LogP contribution is -2.12. The van der Waals surface area contributed by atoms with E-state index in [1.807, 2.05) is 48.5 Å². The van der Waals surface area contributed by atoms with Crippen molar-refractivity contribution in [3.05, 3.63) is 112 Å². The van der Waals surface area contributed by atoms with Crippen molar-refractivity contribution in [1.29, 1.82) is 0 Å². The van der Waals surface area contributed by atoms with Crippen molar-refractivity contribution < 1.29 is 13.9 Å². The third kappa shape index (κ3) is 4.93. The standard InChI is InChI=1S/C26H19Cl2N3O3/c27-19-9-8-18(22(28)14-19)15-31-13-12-25(30-31)29-26(32)24-11-10-20(34-24)16-33-23-7-3-5-17-4-1-2-6-21(17)23/h1-14H,15-16H2,(H,29,30,32). The van der Waals surface area contributed by atoms with Crippen molar-refractivity contribution in [1.82, 2.24) is 9.78 Å². The number of ether oxygens (including phenoxy) is 1. The van der Waals surface area contributed by atoms with E-state index in [9.17, 15) is 4.79 Å². The average molecular weight is 492 g/mol. The second kappa shape index (κ2) is 9.63. The first kappa shape index (κ1) is 22.1. The zero-order chi connectivity index (χ0) is 23.5.